The Morgan fingerprint density at radius 3 is 2.39 bits per heavy atom. The lowest BCUT2D eigenvalue weighted by Gasteiger charge is -2.37. The summed E-state index contributed by atoms with van der Waals surface area (Å²) in [4.78, 5) is 25.6. The van der Waals surface area contributed by atoms with Crippen LogP contribution in [0, 0.1) is 11.3 Å². The van der Waals surface area contributed by atoms with Gasteiger partial charge in [-0.1, -0.05) is 34.6 Å². The summed E-state index contributed by atoms with van der Waals surface area (Å²) >= 11 is 0. The molecule has 0 aliphatic carbocycles. The zero-order valence-corrected chi connectivity index (χ0v) is 12.2. The van der Waals surface area contributed by atoms with Crippen LogP contribution >= 0.6 is 0 Å². The standard InChI is InChI=1S/C14H26N2O2/c1-6-12(17)16-8-10(2)7-11(9-16)15-13(18)14(3,4)5/h10-11H,6-9H2,1-5H3,(H,15,18). The second kappa shape index (κ2) is 5.72. The van der Waals surface area contributed by atoms with Crippen LogP contribution in [-0.2, 0) is 9.59 Å². The summed E-state index contributed by atoms with van der Waals surface area (Å²) in [6.45, 7) is 11.2. The van der Waals surface area contributed by atoms with Gasteiger partial charge >= 0.3 is 0 Å². The summed E-state index contributed by atoms with van der Waals surface area (Å²) in [6.07, 6.45) is 1.49. The van der Waals surface area contributed by atoms with Crippen molar-refractivity contribution in [2.45, 2.75) is 53.5 Å². The molecule has 1 aliphatic heterocycles. The number of piperidine rings is 1. The highest BCUT2D eigenvalue weighted by Crippen LogP contribution is 2.19. The predicted molar refractivity (Wildman–Crippen MR) is 72.0 cm³/mol. The number of hydrogen-bond acceptors (Lipinski definition) is 2. The first-order chi connectivity index (χ1) is 8.24. The van der Waals surface area contributed by atoms with E-state index < -0.39 is 0 Å². The fraction of sp³-hybridized carbons (Fsp3) is 0.857. The third-order valence-electron chi connectivity index (χ3n) is 3.33. The fourth-order valence-electron chi connectivity index (χ4n) is 2.29. The molecule has 2 amide bonds. The molecule has 1 aliphatic rings. The number of carbonyl (C=O) groups excluding carboxylic acids is 2. The molecular weight excluding hydrogens is 228 g/mol. The number of hydrogen-bond donors (Lipinski definition) is 1. The third-order valence-corrected chi connectivity index (χ3v) is 3.33. The van der Waals surface area contributed by atoms with Crippen molar-refractivity contribution in [2.75, 3.05) is 13.1 Å². The summed E-state index contributed by atoms with van der Waals surface area (Å²) in [5.74, 6) is 0.682. The first kappa shape index (κ1) is 15.0. The van der Waals surface area contributed by atoms with E-state index in [-0.39, 0.29) is 23.3 Å². The summed E-state index contributed by atoms with van der Waals surface area (Å²) in [6, 6.07) is 0.0935. The fourth-order valence-corrected chi connectivity index (χ4v) is 2.29. The molecule has 0 spiro atoms. The van der Waals surface area contributed by atoms with Crippen molar-refractivity contribution in [2.24, 2.45) is 11.3 Å². The minimum atomic E-state index is -0.375. The number of nitrogens with zero attached hydrogens (tertiary/aromatic N) is 1. The second-order valence-electron chi connectivity index (χ2n) is 6.41. The van der Waals surface area contributed by atoms with Crippen LogP contribution in [0.2, 0.25) is 0 Å². The molecule has 2 atom stereocenters. The number of carbonyl (C=O) groups is 2. The van der Waals surface area contributed by atoms with Gasteiger partial charge in [0.05, 0.1) is 0 Å². The van der Waals surface area contributed by atoms with Gasteiger partial charge in [0.15, 0.2) is 0 Å². The average molecular weight is 254 g/mol. The highest BCUT2D eigenvalue weighted by molar-refractivity contribution is 5.82. The number of likely N-dealkylation sites (tertiary alicyclic amines) is 1. The van der Waals surface area contributed by atoms with E-state index in [1.54, 1.807) is 0 Å². The van der Waals surface area contributed by atoms with Gasteiger partial charge < -0.3 is 10.2 Å². The van der Waals surface area contributed by atoms with Crippen molar-refractivity contribution in [3.05, 3.63) is 0 Å². The molecule has 4 nitrogen and oxygen atoms in total. The van der Waals surface area contributed by atoms with Crippen LogP contribution in [0.1, 0.15) is 47.5 Å². The van der Waals surface area contributed by atoms with Gasteiger partial charge in [0.2, 0.25) is 11.8 Å². The molecule has 0 saturated carbocycles. The molecule has 4 heteroatoms. The molecule has 1 N–H and O–H groups in total. The van der Waals surface area contributed by atoms with Crippen LogP contribution in [0.25, 0.3) is 0 Å². The van der Waals surface area contributed by atoms with Gasteiger partial charge in [-0.2, -0.15) is 0 Å². The smallest absolute Gasteiger partial charge is 0.225 e. The van der Waals surface area contributed by atoms with E-state index >= 15 is 0 Å². The monoisotopic (exact) mass is 254 g/mol. The molecule has 18 heavy (non-hydrogen) atoms. The Morgan fingerprint density at radius 1 is 1.28 bits per heavy atom. The van der Waals surface area contributed by atoms with Gasteiger partial charge in [-0.3, -0.25) is 9.59 Å². The Kier molecular flexibility index (Phi) is 4.77. The second-order valence-corrected chi connectivity index (χ2v) is 6.41. The molecule has 1 fully saturated rings. The minimum absolute atomic E-state index is 0.0606. The Balaban J connectivity index is 2.61. The Morgan fingerprint density at radius 2 is 1.89 bits per heavy atom. The number of amides is 2. The lowest BCUT2D eigenvalue weighted by molar-refractivity contribution is -0.135. The van der Waals surface area contributed by atoms with Crippen molar-refractivity contribution < 1.29 is 9.59 Å². The lowest BCUT2D eigenvalue weighted by Crippen LogP contribution is -2.53. The van der Waals surface area contributed by atoms with Crippen molar-refractivity contribution in [1.29, 1.82) is 0 Å². The Labute approximate surface area is 110 Å². The van der Waals surface area contributed by atoms with Gasteiger partial charge in [-0.15, -0.1) is 0 Å². The summed E-state index contributed by atoms with van der Waals surface area (Å²) < 4.78 is 0. The molecule has 0 aromatic rings. The largest absolute Gasteiger partial charge is 0.351 e. The molecular formula is C14H26N2O2. The van der Waals surface area contributed by atoms with Gasteiger partial charge in [-0.05, 0) is 12.3 Å². The molecule has 0 bridgehead atoms. The minimum Gasteiger partial charge on any atom is -0.351 e. The summed E-state index contributed by atoms with van der Waals surface area (Å²) in [5, 5.41) is 3.07. The van der Waals surface area contributed by atoms with Crippen molar-refractivity contribution in [1.82, 2.24) is 10.2 Å². The van der Waals surface area contributed by atoms with E-state index in [2.05, 4.69) is 12.2 Å². The molecule has 1 rings (SSSR count). The van der Waals surface area contributed by atoms with E-state index in [1.165, 1.54) is 0 Å². The number of nitrogens with one attached hydrogen (secondary N) is 1. The average Bonchev–Trinajstić information content (AvgIpc) is 2.25. The van der Waals surface area contributed by atoms with E-state index in [0.29, 0.717) is 18.9 Å². The Bertz CT molecular complexity index is 320. The van der Waals surface area contributed by atoms with Crippen LogP contribution in [0.3, 0.4) is 0 Å². The lowest BCUT2D eigenvalue weighted by atomic mass is 9.92. The summed E-state index contributed by atoms with van der Waals surface area (Å²) in [7, 11) is 0. The van der Waals surface area contributed by atoms with E-state index in [9.17, 15) is 9.59 Å². The molecule has 0 radical (unpaired) electrons. The van der Waals surface area contributed by atoms with Gasteiger partial charge in [0.1, 0.15) is 0 Å². The van der Waals surface area contributed by atoms with Crippen LogP contribution in [0.4, 0.5) is 0 Å². The Hall–Kier alpha value is -1.06. The zero-order valence-electron chi connectivity index (χ0n) is 12.2. The third kappa shape index (κ3) is 4.00. The van der Waals surface area contributed by atoms with Crippen LogP contribution in [0.15, 0.2) is 0 Å². The quantitative estimate of drug-likeness (QED) is 0.817. The van der Waals surface area contributed by atoms with Crippen molar-refractivity contribution >= 4 is 11.8 Å². The first-order valence-corrected chi connectivity index (χ1v) is 6.82. The molecule has 2 unspecified atom stereocenters. The maximum atomic E-state index is 12.0. The normalized spacial score (nSPS) is 24.8. The topological polar surface area (TPSA) is 49.4 Å². The maximum absolute atomic E-state index is 12.0. The molecule has 1 saturated heterocycles. The maximum Gasteiger partial charge on any atom is 0.225 e. The summed E-state index contributed by atoms with van der Waals surface area (Å²) in [5.41, 5.74) is -0.375. The molecule has 0 aromatic carbocycles. The highest BCUT2D eigenvalue weighted by atomic mass is 16.2. The van der Waals surface area contributed by atoms with Crippen LogP contribution in [0.5, 0.6) is 0 Å². The van der Waals surface area contributed by atoms with E-state index in [1.807, 2.05) is 32.6 Å². The molecule has 1 heterocycles. The van der Waals surface area contributed by atoms with E-state index in [0.717, 1.165) is 13.0 Å². The van der Waals surface area contributed by atoms with Gasteiger partial charge in [0.25, 0.3) is 0 Å². The van der Waals surface area contributed by atoms with Gasteiger partial charge in [-0.25, -0.2) is 0 Å². The van der Waals surface area contributed by atoms with Gasteiger partial charge in [0, 0.05) is 31.0 Å². The molecule has 0 aromatic heterocycles. The first-order valence-electron chi connectivity index (χ1n) is 6.82. The highest BCUT2D eigenvalue weighted by Gasteiger charge is 2.30. The van der Waals surface area contributed by atoms with Crippen LogP contribution < -0.4 is 5.32 Å². The number of rotatable bonds is 2. The van der Waals surface area contributed by atoms with Crippen LogP contribution in [-0.4, -0.2) is 35.8 Å². The SMILES string of the molecule is CCC(=O)N1CC(C)CC(NC(=O)C(C)(C)C)C1. The molecule has 104 valence electrons. The van der Waals surface area contributed by atoms with Crippen molar-refractivity contribution in [3.8, 4) is 0 Å². The predicted octanol–water partition coefficient (Wildman–Crippen LogP) is 1.80. The van der Waals surface area contributed by atoms with E-state index in [4.69, 9.17) is 0 Å². The zero-order chi connectivity index (χ0) is 13.9. The van der Waals surface area contributed by atoms with Crippen molar-refractivity contribution in [3.63, 3.8) is 0 Å².